The molecule has 1 aromatic rings. The number of benzene rings is 1. The quantitative estimate of drug-likeness (QED) is 0.147. The Bertz CT molecular complexity index is 1400. The van der Waals surface area contributed by atoms with Crippen molar-refractivity contribution in [2.45, 2.75) is 26.7 Å². The molecule has 3 amide bonds. The summed E-state index contributed by atoms with van der Waals surface area (Å²) in [6.45, 7) is 3.57. The van der Waals surface area contributed by atoms with Crippen LogP contribution in [0.15, 0.2) is 48.5 Å². The maximum Gasteiger partial charge on any atom is 0.513 e. The zero-order valence-electron chi connectivity index (χ0n) is 23.0. The number of nitrogens with one attached hydrogen (secondary N) is 1. The number of anilines is 1. The Hall–Kier alpha value is -5.17. The normalized spacial score (nSPS) is 12.2. The average molecular weight is 580 g/mol. The third kappa shape index (κ3) is 6.58. The Labute approximate surface area is 240 Å². The molecule has 13 heteroatoms. The number of hydrogen-bond acceptors (Lipinski definition) is 11. The van der Waals surface area contributed by atoms with Gasteiger partial charge >= 0.3 is 12.3 Å². The van der Waals surface area contributed by atoms with E-state index in [1.54, 1.807) is 62.4 Å². The van der Waals surface area contributed by atoms with E-state index in [-0.39, 0.29) is 61.8 Å². The number of nitrogens with zero attached hydrogens (tertiary/aromatic N) is 1. The van der Waals surface area contributed by atoms with Gasteiger partial charge in [-0.25, -0.2) is 15.1 Å². The highest BCUT2D eigenvalue weighted by Gasteiger charge is 2.34. The summed E-state index contributed by atoms with van der Waals surface area (Å²) < 4.78 is 20.2. The van der Waals surface area contributed by atoms with Crippen LogP contribution in [0.3, 0.4) is 0 Å². The van der Waals surface area contributed by atoms with Crippen LogP contribution < -0.4 is 20.7 Å². The zero-order chi connectivity index (χ0) is 30.2. The molecule has 1 heterocycles. The van der Waals surface area contributed by atoms with Crippen LogP contribution in [-0.2, 0) is 25.5 Å². The van der Waals surface area contributed by atoms with Crippen LogP contribution in [0.5, 0.6) is 11.5 Å². The summed E-state index contributed by atoms with van der Waals surface area (Å²) in [5.74, 6) is -1.33. The summed E-state index contributed by atoms with van der Waals surface area (Å²) in [7, 11) is 0. The largest absolute Gasteiger partial charge is 0.513 e. The number of ether oxygens (including phenoxy) is 4. The van der Waals surface area contributed by atoms with E-state index >= 15 is 0 Å². The molecule has 3 N–H and O–H groups in total. The smallest absolute Gasteiger partial charge is 0.434 e. The fourth-order valence-corrected chi connectivity index (χ4v) is 4.29. The van der Waals surface area contributed by atoms with Crippen LogP contribution in [0, 0.1) is 0 Å². The van der Waals surface area contributed by atoms with Crippen molar-refractivity contribution in [3.8, 4) is 22.6 Å². The topological polar surface area (TPSA) is 173 Å². The van der Waals surface area contributed by atoms with E-state index in [1.807, 2.05) is 0 Å². The molecule has 220 valence electrons. The van der Waals surface area contributed by atoms with Crippen LogP contribution in [0.4, 0.5) is 15.3 Å². The number of hydrogen-bond donors (Lipinski definition) is 2. The Morgan fingerprint density at radius 3 is 1.81 bits per heavy atom. The van der Waals surface area contributed by atoms with Gasteiger partial charge in [0.05, 0.1) is 37.4 Å². The number of amides is 3. The highest BCUT2D eigenvalue weighted by molar-refractivity contribution is 6.21. The maximum atomic E-state index is 12.5. The van der Waals surface area contributed by atoms with Gasteiger partial charge in [0.15, 0.2) is 11.5 Å². The first-order valence-electron chi connectivity index (χ1n) is 13.1. The molecule has 4 rings (SSSR count). The van der Waals surface area contributed by atoms with Gasteiger partial charge < -0.3 is 24.7 Å². The Kier molecular flexibility index (Phi) is 9.55. The molecule has 13 nitrogen and oxygen atoms in total. The first kappa shape index (κ1) is 29.8. The van der Waals surface area contributed by atoms with E-state index < -0.39 is 18.2 Å². The fourth-order valence-electron chi connectivity index (χ4n) is 4.29. The molecule has 3 aliphatic rings. The van der Waals surface area contributed by atoms with E-state index in [4.69, 9.17) is 29.5 Å². The minimum atomic E-state index is -0.995. The predicted molar refractivity (Wildman–Crippen MR) is 147 cm³/mol. The number of carbonyl (C=O) groups excluding carboxylic acids is 5. The number of rotatable bonds is 11. The van der Waals surface area contributed by atoms with Crippen LogP contribution in [0.2, 0.25) is 0 Å². The van der Waals surface area contributed by atoms with E-state index in [0.717, 1.165) is 4.90 Å². The van der Waals surface area contributed by atoms with E-state index in [0.29, 0.717) is 34.2 Å². The molecule has 0 saturated carbocycles. The molecule has 42 heavy (non-hydrogen) atoms. The van der Waals surface area contributed by atoms with Gasteiger partial charge in [0, 0.05) is 17.7 Å². The van der Waals surface area contributed by atoms with Crippen LogP contribution in [0.1, 0.15) is 46.5 Å². The van der Waals surface area contributed by atoms with Gasteiger partial charge in [-0.3, -0.25) is 24.1 Å². The van der Waals surface area contributed by atoms with Crippen molar-refractivity contribution in [3.05, 3.63) is 65.2 Å². The predicted octanol–water partition coefficient (Wildman–Crippen LogP) is 3.72. The second-order valence-corrected chi connectivity index (χ2v) is 8.92. The second-order valence-electron chi connectivity index (χ2n) is 8.92. The molecule has 1 aliphatic heterocycles. The van der Waals surface area contributed by atoms with Crippen molar-refractivity contribution >= 4 is 35.7 Å². The minimum Gasteiger partial charge on any atom is -0.434 e. The average Bonchev–Trinajstić information content (AvgIpc) is 3.22. The lowest BCUT2D eigenvalue weighted by Gasteiger charge is -2.13. The molecule has 0 aromatic heterocycles. The van der Waals surface area contributed by atoms with Crippen molar-refractivity contribution in [1.82, 2.24) is 10.4 Å². The second kappa shape index (κ2) is 13.5. The molecular formula is C29H29N3O10. The summed E-state index contributed by atoms with van der Waals surface area (Å²) in [5, 5.41) is 0. The lowest BCUT2D eigenvalue weighted by Crippen LogP contribution is -2.32. The number of hydroxylamine groups is 1. The monoisotopic (exact) mass is 579 g/mol. The van der Waals surface area contributed by atoms with Crippen molar-refractivity contribution in [3.63, 3.8) is 0 Å². The molecule has 0 saturated heterocycles. The number of nitrogen functional groups attached to an aromatic ring is 1. The molecule has 0 radical (unpaired) electrons. The third-order valence-corrected chi connectivity index (χ3v) is 6.15. The fraction of sp³-hybridized carbons (Fsp3) is 0.276. The van der Waals surface area contributed by atoms with Crippen LogP contribution in [-0.4, -0.2) is 61.3 Å². The molecular weight excluding hydrogens is 550 g/mol. The molecule has 0 atom stereocenters. The highest BCUT2D eigenvalue weighted by Crippen LogP contribution is 2.50. The summed E-state index contributed by atoms with van der Waals surface area (Å²) >= 11 is 0. The van der Waals surface area contributed by atoms with E-state index in [2.05, 4.69) is 5.48 Å². The molecule has 1 aromatic carbocycles. The third-order valence-electron chi connectivity index (χ3n) is 6.15. The molecule has 0 unspecified atom stereocenters. The first-order valence-corrected chi connectivity index (χ1v) is 13.1. The van der Waals surface area contributed by atoms with Gasteiger partial charge in [-0.1, -0.05) is 36.4 Å². The van der Waals surface area contributed by atoms with E-state index in [9.17, 15) is 24.0 Å². The van der Waals surface area contributed by atoms with Gasteiger partial charge in [0.1, 0.15) is 5.69 Å². The lowest BCUT2D eigenvalue weighted by atomic mass is 10.1. The minimum absolute atomic E-state index is 0.0676. The van der Waals surface area contributed by atoms with Gasteiger partial charge in [-0.05, 0) is 38.0 Å². The van der Waals surface area contributed by atoms with Gasteiger partial charge in [0.25, 0.3) is 11.8 Å². The molecule has 0 bridgehead atoms. The van der Waals surface area contributed by atoms with Crippen LogP contribution >= 0.6 is 0 Å². The van der Waals surface area contributed by atoms with Crippen molar-refractivity contribution in [2.24, 2.45) is 0 Å². The van der Waals surface area contributed by atoms with Gasteiger partial charge in [-0.2, -0.15) is 0 Å². The van der Waals surface area contributed by atoms with E-state index in [1.165, 1.54) is 0 Å². The Morgan fingerprint density at radius 1 is 0.786 bits per heavy atom. The first-order chi connectivity index (χ1) is 20.2. The molecule has 2 aliphatic carbocycles. The number of carbonyl (C=O) groups is 5. The highest BCUT2D eigenvalue weighted by atomic mass is 16.7. The summed E-state index contributed by atoms with van der Waals surface area (Å²) in [6.07, 6.45) is -1.77. The number of imide groups is 1. The summed E-state index contributed by atoms with van der Waals surface area (Å²) in [5.41, 5.74) is 10.3. The maximum absolute atomic E-state index is 12.5. The summed E-state index contributed by atoms with van der Waals surface area (Å²) in [6, 6.07) is 12.9. The zero-order valence-corrected chi connectivity index (χ0v) is 23.0. The van der Waals surface area contributed by atoms with Crippen molar-refractivity contribution in [1.29, 1.82) is 0 Å². The lowest BCUT2D eigenvalue weighted by molar-refractivity contribution is -0.133. The Balaban J connectivity index is 1.37. The molecule has 0 fully saturated rings. The SMILES string of the molecule is CCOC(=O)Oc1c2ccc(CC(=O)NOCCCN3C(=O)c4ccccc4C3=O)ccc-2c(OC(=O)OCC)c1N. The number of nitrogens with two attached hydrogens (primary N) is 1. The van der Waals surface area contributed by atoms with Crippen LogP contribution in [0.25, 0.3) is 11.1 Å². The standard InChI is InChI=1S/C29H29N3O10/c1-3-38-28(36)41-24-18-12-10-17(11-13-19(18)25(23(24)30)42-29(37)39-4-2)16-22(33)31-40-15-7-14-32-26(34)20-8-5-6-9-21(20)27(32)35/h5-6,8-13H,3-4,7,14-16,30H2,1-2H3,(H,31,33). The van der Waals surface area contributed by atoms with Crippen molar-refractivity contribution < 1.29 is 47.8 Å². The van der Waals surface area contributed by atoms with Gasteiger partial charge in [-0.15, -0.1) is 0 Å². The summed E-state index contributed by atoms with van der Waals surface area (Å²) in [4.78, 5) is 67.7. The van der Waals surface area contributed by atoms with Crippen molar-refractivity contribution in [2.75, 3.05) is 32.1 Å². The van der Waals surface area contributed by atoms with Gasteiger partial charge in [0.2, 0.25) is 5.91 Å². The Morgan fingerprint density at radius 2 is 1.31 bits per heavy atom. The molecule has 0 spiro atoms. The number of fused-ring (bicyclic) bond motifs is 2.